The monoisotopic (exact) mass is 542 g/mol. The van der Waals surface area contributed by atoms with Crippen LogP contribution < -0.4 is 0 Å². The van der Waals surface area contributed by atoms with Crippen LogP contribution in [0.5, 0.6) is 0 Å². The van der Waals surface area contributed by atoms with Gasteiger partial charge in [-0.2, -0.15) is 13.2 Å². The minimum atomic E-state index is -5.01. The number of benzene rings is 5. The van der Waals surface area contributed by atoms with E-state index in [1.807, 2.05) is 18.2 Å². The lowest BCUT2D eigenvalue weighted by atomic mass is 9.74. The third kappa shape index (κ3) is 4.61. The van der Waals surface area contributed by atoms with Gasteiger partial charge >= 0.3 is 12.1 Å². The van der Waals surface area contributed by atoms with Gasteiger partial charge in [0.25, 0.3) is 0 Å². The third-order valence-electron chi connectivity index (χ3n) is 6.57. The maximum atomic E-state index is 15.5. The van der Waals surface area contributed by atoms with E-state index in [1.165, 1.54) is 48.5 Å². The molecule has 0 amide bonds. The van der Waals surface area contributed by atoms with E-state index in [2.05, 4.69) is 0 Å². The molecule has 0 aliphatic carbocycles. The standard InChI is InChI=1S/C33H25F3O2S/c34-33(35,36)32(26-16-6-1-7-17-26,27-18-8-2-9-19-27)31(37)38-39(28-20-10-3-11-21-28,29-22-12-4-13-23-29)30-24-14-5-15-25-30/h1-25H. The number of carbonyl (C=O) groups excluding carboxylic acids is 1. The summed E-state index contributed by atoms with van der Waals surface area (Å²) in [6.45, 7) is 0. The maximum absolute atomic E-state index is 15.5. The van der Waals surface area contributed by atoms with Gasteiger partial charge in [0.1, 0.15) is 0 Å². The first-order valence-electron chi connectivity index (χ1n) is 12.3. The molecule has 0 unspecified atom stereocenters. The van der Waals surface area contributed by atoms with E-state index in [4.69, 9.17) is 4.18 Å². The highest BCUT2D eigenvalue weighted by atomic mass is 32.3. The number of rotatable bonds is 7. The van der Waals surface area contributed by atoms with E-state index in [0.717, 1.165) is 0 Å². The lowest BCUT2D eigenvalue weighted by molar-refractivity contribution is -0.193. The van der Waals surface area contributed by atoms with Crippen LogP contribution in [0.4, 0.5) is 13.2 Å². The van der Waals surface area contributed by atoms with Crippen molar-refractivity contribution in [2.75, 3.05) is 0 Å². The first-order valence-corrected chi connectivity index (χ1v) is 13.9. The Hall–Kier alpha value is -4.29. The van der Waals surface area contributed by atoms with Crippen LogP contribution in [0.2, 0.25) is 0 Å². The van der Waals surface area contributed by atoms with Crippen LogP contribution in [0.25, 0.3) is 0 Å². The van der Waals surface area contributed by atoms with Gasteiger partial charge in [-0.25, -0.2) is 4.79 Å². The van der Waals surface area contributed by atoms with Crippen LogP contribution in [-0.2, 0) is 14.4 Å². The molecule has 0 aliphatic rings. The molecule has 0 saturated heterocycles. The van der Waals surface area contributed by atoms with E-state index in [1.54, 1.807) is 84.9 Å². The predicted octanol–water partition coefficient (Wildman–Crippen LogP) is 8.98. The SMILES string of the molecule is O=C(OS(c1ccccc1)(c1ccccc1)c1ccccc1)C(c1ccccc1)(c1ccccc1)C(F)(F)F. The van der Waals surface area contributed by atoms with Gasteiger partial charge in [-0.15, -0.1) is 0 Å². The molecule has 5 aromatic carbocycles. The predicted molar refractivity (Wildman–Crippen MR) is 148 cm³/mol. The van der Waals surface area contributed by atoms with Crippen LogP contribution in [0.1, 0.15) is 11.1 Å². The lowest BCUT2D eigenvalue weighted by Crippen LogP contribution is -2.51. The second kappa shape index (κ2) is 10.8. The summed E-state index contributed by atoms with van der Waals surface area (Å²) in [7, 11) is -2.94. The van der Waals surface area contributed by atoms with Gasteiger partial charge in [-0.1, -0.05) is 115 Å². The topological polar surface area (TPSA) is 26.3 Å². The van der Waals surface area contributed by atoms with Gasteiger partial charge in [0.2, 0.25) is 5.41 Å². The van der Waals surface area contributed by atoms with Gasteiger partial charge in [-0.05, 0) is 57.8 Å². The van der Waals surface area contributed by atoms with Gasteiger partial charge in [0, 0.05) is 14.7 Å². The Bertz CT molecular complexity index is 1370. The number of hydrogen-bond donors (Lipinski definition) is 0. The molecule has 0 fully saturated rings. The summed E-state index contributed by atoms with van der Waals surface area (Å²) >= 11 is 0. The number of alkyl halides is 3. The molecule has 0 spiro atoms. The summed E-state index contributed by atoms with van der Waals surface area (Å²) in [6.07, 6.45) is -5.01. The Morgan fingerprint density at radius 2 is 0.769 bits per heavy atom. The first kappa shape index (κ1) is 26.3. The van der Waals surface area contributed by atoms with Gasteiger partial charge in [-0.3, -0.25) is 0 Å². The smallest absolute Gasteiger partial charge is 0.401 e. The molecule has 196 valence electrons. The molecule has 0 saturated carbocycles. The number of hydrogen-bond acceptors (Lipinski definition) is 2. The molecule has 0 atom stereocenters. The molecule has 0 radical (unpaired) electrons. The first-order chi connectivity index (χ1) is 18.9. The van der Waals surface area contributed by atoms with Crippen molar-refractivity contribution < 1.29 is 22.1 Å². The Morgan fingerprint density at radius 3 is 1.05 bits per heavy atom. The fourth-order valence-corrected chi connectivity index (χ4v) is 7.87. The average Bonchev–Trinajstić information content (AvgIpc) is 2.98. The summed E-state index contributed by atoms with van der Waals surface area (Å²) < 4.78 is 52.9. The Morgan fingerprint density at radius 1 is 0.487 bits per heavy atom. The molecule has 0 aliphatic heterocycles. The number of carbonyl (C=O) groups is 1. The van der Waals surface area contributed by atoms with E-state index in [9.17, 15) is 4.79 Å². The van der Waals surface area contributed by atoms with Crippen molar-refractivity contribution in [1.82, 2.24) is 0 Å². The van der Waals surface area contributed by atoms with Gasteiger partial charge in [0.05, 0.1) is 0 Å². The van der Waals surface area contributed by atoms with Crippen molar-refractivity contribution in [2.45, 2.75) is 26.3 Å². The molecule has 0 aromatic heterocycles. The normalized spacial score (nSPS) is 12.5. The van der Waals surface area contributed by atoms with Crippen molar-refractivity contribution in [2.24, 2.45) is 0 Å². The van der Waals surface area contributed by atoms with E-state index >= 15 is 13.2 Å². The van der Waals surface area contributed by atoms with Crippen LogP contribution in [0.3, 0.4) is 0 Å². The second-order valence-corrected chi connectivity index (χ2v) is 11.5. The molecule has 5 rings (SSSR count). The minimum Gasteiger partial charge on any atom is -0.401 e. The van der Waals surface area contributed by atoms with Gasteiger partial charge in [0.15, 0.2) is 0 Å². The number of halogens is 3. The highest BCUT2D eigenvalue weighted by molar-refractivity contribution is 8.30. The van der Waals surface area contributed by atoms with E-state index < -0.39 is 27.9 Å². The molecule has 2 nitrogen and oxygen atoms in total. The zero-order valence-electron chi connectivity index (χ0n) is 20.8. The Kier molecular flexibility index (Phi) is 7.31. The molecule has 5 aromatic rings. The van der Waals surface area contributed by atoms with Crippen molar-refractivity contribution in [3.63, 3.8) is 0 Å². The summed E-state index contributed by atoms with van der Waals surface area (Å²) in [6, 6.07) is 41.5. The zero-order chi connectivity index (χ0) is 27.3. The van der Waals surface area contributed by atoms with E-state index in [-0.39, 0.29) is 11.1 Å². The third-order valence-corrected chi connectivity index (χ3v) is 9.78. The maximum Gasteiger partial charge on any atom is 0.413 e. The quantitative estimate of drug-likeness (QED) is 0.205. The Labute approximate surface area is 227 Å². The Balaban J connectivity index is 1.83. The largest absolute Gasteiger partial charge is 0.413 e. The highest BCUT2D eigenvalue weighted by Crippen LogP contribution is 2.70. The molecule has 39 heavy (non-hydrogen) atoms. The summed E-state index contributed by atoms with van der Waals surface area (Å²) in [5.41, 5.74) is -3.49. The zero-order valence-corrected chi connectivity index (χ0v) is 21.6. The summed E-state index contributed by atoms with van der Waals surface area (Å²) in [5, 5.41) is 0. The van der Waals surface area contributed by atoms with Crippen LogP contribution >= 0.6 is 10.3 Å². The van der Waals surface area contributed by atoms with Crippen molar-refractivity contribution in [1.29, 1.82) is 0 Å². The average molecular weight is 543 g/mol. The molecule has 6 heteroatoms. The highest BCUT2D eigenvalue weighted by Gasteiger charge is 2.65. The van der Waals surface area contributed by atoms with Crippen molar-refractivity contribution in [3.8, 4) is 0 Å². The van der Waals surface area contributed by atoms with Crippen molar-refractivity contribution >= 4 is 16.3 Å². The van der Waals surface area contributed by atoms with E-state index in [0.29, 0.717) is 14.7 Å². The van der Waals surface area contributed by atoms with Crippen LogP contribution in [0.15, 0.2) is 166 Å². The minimum absolute atomic E-state index is 0.212. The molecule has 0 bridgehead atoms. The fourth-order valence-electron chi connectivity index (χ4n) is 4.79. The molecule has 0 heterocycles. The fraction of sp³-hybridized carbons (Fsp3) is 0.0606. The van der Waals surface area contributed by atoms with Crippen LogP contribution in [0, 0.1) is 0 Å². The second-order valence-electron chi connectivity index (χ2n) is 8.85. The lowest BCUT2D eigenvalue weighted by Gasteiger charge is -2.43. The van der Waals surface area contributed by atoms with Crippen LogP contribution in [-0.4, -0.2) is 12.1 Å². The summed E-state index contributed by atoms with van der Waals surface area (Å²) in [4.78, 5) is 16.3. The molecule has 0 N–H and O–H groups in total. The molecular weight excluding hydrogens is 517 g/mol. The van der Waals surface area contributed by atoms with Crippen molar-refractivity contribution in [3.05, 3.63) is 163 Å². The van der Waals surface area contributed by atoms with Gasteiger partial charge < -0.3 is 4.18 Å². The summed E-state index contributed by atoms with van der Waals surface area (Å²) in [5.74, 6) is -1.39. The molecular formula is C33H25F3O2S.